The van der Waals surface area contributed by atoms with Crippen LogP contribution in [-0.2, 0) is 6.54 Å². The molecule has 0 saturated carbocycles. The van der Waals surface area contributed by atoms with E-state index in [1.54, 1.807) is 17.1 Å². The van der Waals surface area contributed by atoms with E-state index in [9.17, 15) is 10.2 Å². The number of nitrogens with zero attached hydrogens (tertiary/aromatic N) is 5. The second-order valence-corrected chi connectivity index (χ2v) is 7.60. The quantitative estimate of drug-likeness (QED) is 0.576. The molecule has 0 amide bonds. The lowest BCUT2D eigenvalue weighted by Crippen LogP contribution is -2.27. The van der Waals surface area contributed by atoms with Crippen molar-refractivity contribution in [3.63, 3.8) is 0 Å². The Labute approximate surface area is 158 Å². The fraction of sp³-hybridized carbons (Fsp3) is 0.375. The highest BCUT2D eigenvalue weighted by molar-refractivity contribution is 7.99. The van der Waals surface area contributed by atoms with E-state index in [1.807, 2.05) is 19.1 Å². The minimum atomic E-state index is -0.888. The lowest BCUT2D eigenvalue weighted by molar-refractivity contribution is 0.0313. The molecule has 1 saturated heterocycles. The lowest BCUT2D eigenvalue weighted by Gasteiger charge is -2.17. The van der Waals surface area contributed by atoms with Crippen molar-refractivity contribution in [2.45, 2.75) is 31.1 Å². The number of aliphatic hydroxyl groups is 2. The highest BCUT2D eigenvalue weighted by Gasteiger charge is 2.36. The van der Waals surface area contributed by atoms with Gasteiger partial charge in [-0.1, -0.05) is 6.07 Å². The Morgan fingerprint density at radius 3 is 2.85 bits per heavy atom. The Balaban J connectivity index is 1.64. The van der Waals surface area contributed by atoms with Crippen LogP contribution in [0.5, 0.6) is 0 Å². The minimum Gasteiger partial charge on any atom is -0.389 e. The molecule has 0 aromatic carbocycles. The lowest BCUT2D eigenvalue weighted by atomic mass is 10.2. The summed E-state index contributed by atoms with van der Waals surface area (Å²) in [5.74, 6) is 0.966. The summed E-state index contributed by atoms with van der Waals surface area (Å²) in [4.78, 5) is 17.2. The van der Waals surface area contributed by atoms with Gasteiger partial charge in [0, 0.05) is 24.2 Å². The second kappa shape index (κ2) is 6.99. The highest BCUT2D eigenvalue weighted by atomic mass is 35.5. The third-order valence-electron chi connectivity index (χ3n) is 4.23. The van der Waals surface area contributed by atoms with Crippen molar-refractivity contribution in [3.8, 4) is 0 Å². The van der Waals surface area contributed by atoms with Gasteiger partial charge in [-0.3, -0.25) is 9.55 Å². The van der Waals surface area contributed by atoms with Crippen molar-refractivity contribution in [3.05, 3.63) is 41.2 Å². The van der Waals surface area contributed by atoms with Crippen LogP contribution >= 0.6 is 23.4 Å². The predicted molar refractivity (Wildman–Crippen MR) is 100 cm³/mol. The maximum absolute atomic E-state index is 10.2. The topological polar surface area (TPSA) is 109 Å². The van der Waals surface area contributed by atoms with Crippen LogP contribution in [-0.4, -0.2) is 52.7 Å². The normalized spacial score (nSPS) is 22.8. The average molecular weight is 393 g/mol. The van der Waals surface area contributed by atoms with Gasteiger partial charge in [0.1, 0.15) is 11.5 Å². The van der Waals surface area contributed by atoms with Gasteiger partial charge in [0.2, 0.25) is 5.28 Å². The highest BCUT2D eigenvalue weighted by Crippen LogP contribution is 2.38. The van der Waals surface area contributed by atoms with Gasteiger partial charge in [-0.25, -0.2) is 4.98 Å². The van der Waals surface area contributed by atoms with Crippen molar-refractivity contribution < 1.29 is 10.2 Å². The number of nitrogens with one attached hydrogen (secondary N) is 1. The number of halogens is 1. The Morgan fingerprint density at radius 1 is 1.31 bits per heavy atom. The Morgan fingerprint density at radius 2 is 2.15 bits per heavy atom. The number of rotatable bonds is 4. The van der Waals surface area contributed by atoms with Gasteiger partial charge >= 0.3 is 0 Å². The number of pyridine rings is 1. The smallest absolute Gasteiger partial charge is 0.226 e. The van der Waals surface area contributed by atoms with Crippen molar-refractivity contribution >= 4 is 40.3 Å². The first-order valence-corrected chi connectivity index (χ1v) is 9.49. The number of anilines is 1. The average Bonchev–Trinajstić information content (AvgIpc) is 3.18. The Kier molecular flexibility index (Phi) is 4.70. The minimum absolute atomic E-state index is 0.0850. The van der Waals surface area contributed by atoms with Crippen LogP contribution in [0, 0.1) is 6.92 Å². The molecule has 0 aliphatic carbocycles. The molecule has 26 heavy (non-hydrogen) atoms. The molecule has 3 N–H and O–H groups in total. The molecule has 0 radical (unpaired) electrons. The Bertz CT molecular complexity index is 934. The van der Waals surface area contributed by atoms with Crippen molar-refractivity contribution in [2.24, 2.45) is 0 Å². The number of imidazole rings is 1. The predicted octanol–water partition coefficient (Wildman–Crippen LogP) is 1.76. The first-order chi connectivity index (χ1) is 12.5. The van der Waals surface area contributed by atoms with E-state index in [4.69, 9.17) is 11.6 Å². The summed E-state index contributed by atoms with van der Waals surface area (Å²) in [6.45, 7) is 2.45. The SMILES string of the molecule is Cc1ccc(CNc2nc(Cl)nc3c2ncn3[C@@H]2SC[C@@H](O)[C@H]2O)cn1. The summed E-state index contributed by atoms with van der Waals surface area (Å²) in [5.41, 5.74) is 3.03. The number of hydrogen-bond acceptors (Lipinski definition) is 8. The zero-order valence-electron chi connectivity index (χ0n) is 13.9. The van der Waals surface area contributed by atoms with Crippen molar-refractivity contribution in [1.29, 1.82) is 0 Å². The third kappa shape index (κ3) is 3.23. The van der Waals surface area contributed by atoms with E-state index in [1.165, 1.54) is 11.8 Å². The molecule has 3 aromatic rings. The number of hydrogen-bond donors (Lipinski definition) is 3. The summed E-state index contributed by atoms with van der Waals surface area (Å²) in [6.07, 6.45) is 1.73. The fourth-order valence-electron chi connectivity index (χ4n) is 2.82. The van der Waals surface area contributed by atoms with E-state index in [0.717, 1.165) is 11.3 Å². The molecule has 4 heterocycles. The maximum Gasteiger partial charge on any atom is 0.226 e. The largest absolute Gasteiger partial charge is 0.389 e. The van der Waals surface area contributed by atoms with Crippen LogP contribution in [0.2, 0.25) is 5.28 Å². The van der Waals surface area contributed by atoms with Gasteiger partial charge in [0.25, 0.3) is 0 Å². The van der Waals surface area contributed by atoms with Crippen molar-refractivity contribution in [2.75, 3.05) is 11.1 Å². The summed E-state index contributed by atoms with van der Waals surface area (Å²) >= 11 is 7.54. The molecular weight excluding hydrogens is 376 g/mol. The fourth-order valence-corrected chi connectivity index (χ4v) is 4.27. The van der Waals surface area contributed by atoms with Crippen LogP contribution in [0.25, 0.3) is 11.2 Å². The van der Waals surface area contributed by atoms with Crippen LogP contribution in [0.1, 0.15) is 16.6 Å². The zero-order valence-corrected chi connectivity index (χ0v) is 15.4. The van der Waals surface area contributed by atoms with E-state index in [2.05, 4.69) is 25.3 Å². The summed E-state index contributed by atoms with van der Waals surface area (Å²) < 4.78 is 1.73. The molecule has 4 rings (SSSR count). The summed E-state index contributed by atoms with van der Waals surface area (Å²) in [5, 5.41) is 22.9. The molecule has 8 nitrogen and oxygen atoms in total. The maximum atomic E-state index is 10.2. The monoisotopic (exact) mass is 392 g/mol. The van der Waals surface area contributed by atoms with Gasteiger partial charge in [-0.05, 0) is 30.2 Å². The first kappa shape index (κ1) is 17.5. The molecule has 0 bridgehead atoms. The van der Waals surface area contributed by atoms with Crippen LogP contribution < -0.4 is 5.32 Å². The van der Waals surface area contributed by atoms with E-state index in [0.29, 0.717) is 29.3 Å². The van der Waals surface area contributed by atoms with E-state index in [-0.39, 0.29) is 10.7 Å². The number of aliphatic hydroxyl groups excluding tert-OH is 2. The molecule has 10 heteroatoms. The molecular formula is C16H17ClN6O2S. The molecule has 0 unspecified atom stereocenters. The molecule has 3 atom stereocenters. The van der Waals surface area contributed by atoms with Gasteiger partial charge in [0.15, 0.2) is 17.0 Å². The number of aromatic nitrogens is 5. The zero-order chi connectivity index (χ0) is 18.3. The number of thioether (sulfide) groups is 1. The number of aryl methyl sites for hydroxylation is 1. The van der Waals surface area contributed by atoms with Gasteiger partial charge in [-0.2, -0.15) is 9.97 Å². The first-order valence-electron chi connectivity index (χ1n) is 8.06. The molecule has 1 fully saturated rings. The van der Waals surface area contributed by atoms with E-state index < -0.39 is 12.2 Å². The molecule has 1 aliphatic heterocycles. The summed E-state index contributed by atoms with van der Waals surface area (Å²) in [6, 6.07) is 3.93. The van der Waals surface area contributed by atoms with Crippen LogP contribution in [0.3, 0.4) is 0 Å². The van der Waals surface area contributed by atoms with E-state index >= 15 is 0 Å². The third-order valence-corrected chi connectivity index (χ3v) is 5.78. The summed E-state index contributed by atoms with van der Waals surface area (Å²) in [7, 11) is 0. The molecule has 3 aromatic heterocycles. The molecule has 136 valence electrons. The second-order valence-electron chi connectivity index (χ2n) is 6.11. The van der Waals surface area contributed by atoms with Gasteiger partial charge in [-0.15, -0.1) is 11.8 Å². The van der Waals surface area contributed by atoms with Crippen LogP contribution in [0.15, 0.2) is 24.7 Å². The number of fused-ring (bicyclic) bond motifs is 1. The van der Waals surface area contributed by atoms with Crippen LogP contribution in [0.4, 0.5) is 5.82 Å². The van der Waals surface area contributed by atoms with Crippen molar-refractivity contribution in [1.82, 2.24) is 24.5 Å². The van der Waals surface area contributed by atoms with Gasteiger partial charge in [0.05, 0.1) is 12.4 Å². The van der Waals surface area contributed by atoms with Gasteiger partial charge < -0.3 is 15.5 Å². The molecule has 0 spiro atoms. The standard InChI is InChI=1S/C16H17ClN6O2S/c1-8-2-3-9(4-18-8)5-19-13-11-14(22-16(17)21-13)23(7-20-11)15-12(25)10(24)6-26-15/h2-4,7,10,12,15,24-25H,5-6H2,1H3,(H,19,21,22)/t10-,12-,15-/m1/s1. The molecule has 1 aliphatic rings. The Hall–Kier alpha value is -1.94.